The summed E-state index contributed by atoms with van der Waals surface area (Å²) in [6, 6.07) is 11.4. The van der Waals surface area contributed by atoms with E-state index in [1.165, 1.54) is 23.6 Å². The highest BCUT2D eigenvalue weighted by molar-refractivity contribution is 7.19. The Bertz CT molecular complexity index is 1110. The average molecular weight is 395 g/mol. The monoisotopic (exact) mass is 395 g/mol. The van der Waals surface area contributed by atoms with Crippen molar-refractivity contribution in [2.45, 2.75) is 6.92 Å². The Balaban J connectivity index is 1.60. The molecule has 0 saturated carbocycles. The molecule has 4 rings (SSSR count). The van der Waals surface area contributed by atoms with Crippen molar-refractivity contribution in [1.82, 2.24) is 9.97 Å². The van der Waals surface area contributed by atoms with E-state index < -0.39 is 11.7 Å². The smallest absolute Gasteiger partial charge is 0.259 e. The van der Waals surface area contributed by atoms with Crippen LogP contribution in [-0.2, 0) is 0 Å². The molecular formula is C20H14FN3OS2. The summed E-state index contributed by atoms with van der Waals surface area (Å²) in [5, 5.41) is 6.33. The SMILES string of the molecule is Cc1ccc(-c2nccs2)cc1-c1ccc(NC(=O)c2ccncc2F)s1. The van der Waals surface area contributed by atoms with E-state index in [0.717, 1.165) is 32.8 Å². The van der Waals surface area contributed by atoms with Crippen LogP contribution >= 0.6 is 22.7 Å². The van der Waals surface area contributed by atoms with Crippen LogP contribution in [0, 0.1) is 12.7 Å². The summed E-state index contributed by atoms with van der Waals surface area (Å²) >= 11 is 3.04. The number of carbonyl (C=O) groups excluding carboxylic acids is 1. The molecule has 0 unspecified atom stereocenters. The largest absolute Gasteiger partial charge is 0.313 e. The van der Waals surface area contributed by atoms with Gasteiger partial charge in [-0.3, -0.25) is 9.78 Å². The molecule has 1 amide bonds. The quantitative estimate of drug-likeness (QED) is 0.487. The third-order valence-electron chi connectivity index (χ3n) is 4.04. The average Bonchev–Trinajstić information content (AvgIpc) is 3.34. The second kappa shape index (κ2) is 7.38. The Morgan fingerprint density at radius 3 is 2.81 bits per heavy atom. The first-order valence-electron chi connectivity index (χ1n) is 8.13. The molecule has 3 heterocycles. The van der Waals surface area contributed by atoms with E-state index in [1.54, 1.807) is 17.5 Å². The summed E-state index contributed by atoms with van der Waals surface area (Å²) < 4.78 is 13.7. The molecule has 0 radical (unpaired) electrons. The number of hydrogen-bond acceptors (Lipinski definition) is 5. The number of rotatable bonds is 4. The first-order chi connectivity index (χ1) is 13.1. The zero-order valence-corrected chi connectivity index (χ0v) is 15.9. The zero-order chi connectivity index (χ0) is 18.8. The maximum atomic E-state index is 13.7. The number of amides is 1. The van der Waals surface area contributed by atoms with Gasteiger partial charge in [0.05, 0.1) is 16.8 Å². The molecule has 0 fully saturated rings. The van der Waals surface area contributed by atoms with Crippen LogP contribution in [0.5, 0.6) is 0 Å². The van der Waals surface area contributed by atoms with Gasteiger partial charge in [-0.15, -0.1) is 22.7 Å². The van der Waals surface area contributed by atoms with Gasteiger partial charge in [-0.1, -0.05) is 12.1 Å². The van der Waals surface area contributed by atoms with Gasteiger partial charge in [-0.05, 0) is 42.3 Å². The number of pyridine rings is 1. The summed E-state index contributed by atoms with van der Waals surface area (Å²) in [6.45, 7) is 2.05. The molecule has 134 valence electrons. The van der Waals surface area contributed by atoms with Gasteiger partial charge in [0.2, 0.25) is 0 Å². The van der Waals surface area contributed by atoms with Gasteiger partial charge >= 0.3 is 0 Å². The molecule has 0 aliphatic rings. The van der Waals surface area contributed by atoms with Crippen molar-refractivity contribution in [2.75, 3.05) is 5.32 Å². The zero-order valence-electron chi connectivity index (χ0n) is 14.3. The lowest BCUT2D eigenvalue weighted by Gasteiger charge is -2.06. The number of nitrogens with one attached hydrogen (secondary N) is 1. The number of benzene rings is 1. The van der Waals surface area contributed by atoms with Gasteiger partial charge in [-0.25, -0.2) is 9.37 Å². The molecule has 1 N–H and O–H groups in total. The molecule has 4 nitrogen and oxygen atoms in total. The highest BCUT2D eigenvalue weighted by atomic mass is 32.1. The van der Waals surface area contributed by atoms with Gasteiger partial charge in [0, 0.05) is 28.2 Å². The number of thiophene rings is 1. The Hall–Kier alpha value is -2.90. The Kier molecular flexibility index (Phi) is 4.79. The van der Waals surface area contributed by atoms with Crippen molar-refractivity contribution in [3.63, 3.8) is 0 Å². The van der Waals surface area contributed by atoms with Crippen LogP contribution in [0.4, 0.5) is 9.39 Å². The van der Waals surface area contributed by atoms with E-state index in [2.05, 4.69) is 33.5 Å². The van der Waals surface area contributed by atoms with Crippen molar-refractivity contribution in [3.8, 4) is 21.0 Å². The summed E-state index contributed by atoms with van der Waals surface area (Å²) in [5.74, 6) is -1.13. The minimum atomic E-state index is -0.640. The summed E-state index contributed by atoms with van der Waals surface area (Å²) in [4.78, 5) is 21.3. The van der Waals surface area contributed by atoms with Crippen molar-refractivity contribution in [2.24, 2.45) is 0 Å². The predicted octanol–water partition coefficient (Wildman–Crippen LogP) is 5.63. The third-order valence-corrected chi connectivity index (χ3v) is 5.90. The van der Waals surface area contributed by atoms with E-state index in [-0.39, 0.29) is 5.56 Å². The van der Waals surface area contributed by atoms with E-state index in [1.807, 2.05) is 24.4 Å². The Labute approximate surface area is 163 Å². The number of hydrogen-bond donors (Lipinski definition) is 1. The molecular weight excluding hydrogens is 381 g/mol. The number of thiazole rings is 1. The van der Waals surface area contributed by atoms with Gasteiger partial charge < -0.3 is 5.32 Å². The molecule has 0 aliphatic carbocycles. The van der Waals surface area contributed by atoms with Crippen molar-refractivity contribution < 1.29 is 9.18 Å². The van der Waals surface area contributed by atoms with E-state index in [4.69, 9.17) is 0 Å². The lowest BCUT2D eigenvalue weighted by molar-refractivity contribution is 0.102. The molecule has 4 aromatic rings. The van der Waals surface area contributed by atoms with Crippen LogP contribution in [0.15, 0.2) is 60.4 Å². The molecule has 7 heteroatoms. The lowest BCUT2D eigenvalue weighted by atomic mass is 10.0. The molecule has 0 aliphatic heterocycles. The lowest BCUT2D eigenvalue weighted by Crippen LogP contribution is -2.12. The van der Waals surface area contributed by atoms with Gasteiger partial charge in [0.25, 0.3) is 5.91 Å². The van der Waals surface area contributed by atoms with Crippen LogP contribution in [0.3, 0.4) is 0 Å². The fraction of sp³-hybridized carbons (Fsp3) is 0.0500. The maximum Gasteiger partial charge on any atom is 0.259 e. The normalized spacial score (nSPS) is 10.7. The van der Waals surface area contributed by atoms with E-state index >= 15 is 0 Å². The number of nitrogens with zero attached hydrogens (tertiary/aromatic N) is 2. The van der Waals surface area contributed by atoms with Crippen LogP contribution in [-0.4, -0.2) is 15.9 Å². The topological polar surface area (TPSA) is 54.9 Å². The molecule has 27 heavy (non-hydrogen) atoms. The summed E-state index contributed by atoms with van der Waals surface area (Å²) in [7, 11) is 0. The van der Waals surface area contributed by atoms with Gasteiger partial charge in [-0.2, -0.15) is 0 Å². The van der Waals surface area contributed by atoms with Gasteiger partial charge in [0.15, 0.2) is 5.82 Å². The van der Waals surface area contributed by atoms with Crippen LogP contribution in [0.25, 0.3) is 21.0 Å². The molecule has 0 bridgehead atoms. The standard InChI is InChI=1S/C20H14FN3OS2/c1-12-2-3-13(20-23-8-9-26-20)10-15(12)17-4-5-18(27-17)24-19(25)14-6-7-22-11-16(14)21/h2-11H,1H3,(H,24,25). The number of halogens is 1. The van der Waals surface area contributed by atoms with Crippen LogP contribution in [0.1, 0.15) is 15.9 Å². The Morgan fingerprint density at radius 1 is 1.15 bits per heavy atom. The van der Waals surface area contributed by atoms with Crippen LogP contribution in [0.2, 0.25) is 0 Å². The predicted molar refractivity (Wildman–Crippen MR) is 108 cm³/mol. The van der Waals surface area contributed by atoms with Crippen LogP contribution < -0.4 is 5.32 Å². The number of aromatic nitrogens is 2. The van der Waals surface area contributed by atoms with Crippen molar-refractivity contribution >= 4 is 33.6 Å². The second-order valence-electron chi connectivity index (χ2n) is 5.84. The number of carbonyl (C=O) groups is 1. The minimum Gasteiger partial charge on any atom is -0.313 e. The molecule has 3 aromatic heterocycles. The van der Waals surface area contributed by atoms with E-state index in [0.29, 0.717) is 5.00 Å². The number of anilines is 1. The second-order valence-corrected chi connectivity index (χ2v) is 7.82. The third kappa shape index (κ3) is 3.65. The van der Waals surface area contributed by atoms with Gasteiger partial charge in [0.1, 0.15) is 5.01 Å². The highest BCUT2D eigenvalue weighted by Gasteiger charge is 2.14. The highest BCUT2D eigenvalue weighted by Crippen LogP contribution is 2.36. The first-order valence-corrected chi connectivity index (χ1v) is 9.83. The maximum absolute atomic E-state index is 13.7. The minimum absolute atomic E-state index is 0.0260. The molecule has 0 atom stereocenters. The van der Waals surface area contributed by atoms with Crippen molar-refractivity contribution in [3.05, 3.63) is 77.3 Å². The molecule has 1 aromatic carbocycles. The molecule has 0 saturated heterocycles. The van der Waals surface area contributed by atoms with Crippen molar-refractivity contribution in [1.29, 1.82) is 0 Å². The van der Waals surface area contributed by atoms with E-state index in [9.17, 15) is 9.18 Å². The Morgan fingerprint density at radius 2 is 2.04 bits per heavy atom. The summed E-state index contributed by atoms with van der Waals surface area (Å²) in [5.41, 5.74) is 3.25. The fourth-order valence-electron chi connectivity index (χ4n) is 2.67. The fourth-order valence-corrected chi connectivity index (χ4v) is 4.29. The first kappa shape index (κ1) is 17.5. The molecule has 0 spiro atoms. The number of aryl methyl sites for hydroxylation is 1. The summed E-state index contributed by atoms with van der Waals surface area (Å²) in [6.07, 6.45) is 4.21.